The molecule has 38 heavy (non-hydrogen) atoms. The maximum absolute atomic E-state index is 14.3. The van der Waals surface area contributed by atoms with Gasteiger partial charge in [-0.25, -0.2) is 0 Å². The molecule has 3 fully saturated rings. The van der Waals surface area contributed by atoms with Crippen LogP contribution in [0.15, 0.2) is 55.6 Å². The van der Waals surface area contributed by atoms with Gasteiger partial charge in [0.25, 0.3) is 0 Å². The molecule has 8 heteroatoms. The lowest BCUT2D eigenvalue weighted by molar-refractivity contribution is -0.142. The van der Waals surface area contributed by atoms with Gasteiger partial charge in [0.05, 0.1) is 16.6 Å². The molecule has 3 amide bonds. The molecule has 1 N–H and O–H groups in total. The minimum atomic E-state index is -0.670. The maximum atomic E-state index is 14.3. The highest BCUT2D eigenvalue weighted by molar-refractivity contribution is 8.02. The van der Waals surface area contributed by atoms with Crippen molar-refractivity contribution in [3.63, 3.8) is 0 Å². The molecule has 3 saturated heterocycles. The topological polar surface area (TPSA) is 81.2 Å². The highest BCUT2D eigenvalue weighted by Crippen LogP contribution is 2.69. The van der Waals surface area contributed by atoms with Gasteiger partial charge >= 0.3 is 0 Å². The van der Waals surface area contributed by atoms with E-state index in [0.29, 0.717) is 32.6 Å². The molecule has 1 aromatic rings. The molecular formula is C30H41N3O4S. The molecule has 3 aliphatic heterocycles. The number of likely N-dealkylation sites (tertiary alicyclic amines) is 1. The summed E-state index contributed by atoms with van der Waals surface area (Å²) in [5.41, 5.74) is 0.777. The zero-order valence-electron chi connectivity index (χ0n) is 22.6. The summed E-state index contributed by atoms with van der Waals surface area (Å²) in [6.45, 7) is 13.5. The number of thioether (sulfide) groups is 1. The van der Waals surface area contributed by atoms with Crippen molar-refractivity contribution in [1.29, 1.82) is 0 Å². The molecule has 206 valence electrons. The molecule has 1 spiro atoms. The lowest BCUT2D eigenvalue weighted by Crippen LogP contribution is -2.57. The van der Waals surface area contributed by atoms with Crippen LogP contribution in [0.25, 0.3) is 0 Å². The van der Waals surface area contributed by atoms with Gasteiger partial charge in [-0.15, -0.1) is 24.9 Å². The van der Waals surface area contributed by atoms with Crippen LogP contribution in [0.5, 0.6) is 0 Å². The van der Waals surface area contributed by atoms with Crippen molar-refractivity contribution in [1.82, 2.24) is 9.80 Å². The van der Waals surface area contributed by atoms with Gasteiger partial charge in [-0.3, -0.25) is 14.4 Å². The van der Waals surface area contributed by atoms with Gasteiger partial charge in [0.15, 0.2) is 0 Å². The van der Waals surface area contributed by atoms with E-state index in [2.05, 4.69) is 27.0 Å². The van der Waals surface area contributed by atoms with E-state index in [-0.39, 0.29) is 35.5 Å². The number of rotatable bonds is 13. The number of hydrogen-bond acceptors (Lipinski definition) is 5. The summed E-state index contributed by atoms with van der Waals surface area (Å²) in [7, 11) is 0. The van der Waals surface area contributed by atoms with Crippen molar-refractivity contribution < 1.29 is 19.5 Å². The Morgan fingerprint density at radius 1 is 1.16 bits per heavy atom. The molecule has 1 aromatic carbocycles. The molecule has 0 saturated carbocycles. The Labute approximate surface area is 230 Å². The monoisotopic (exact) mass is 539 g/mol. The zero-order chi connectivity index (χ0) is 27.4. The lowest BCUT2D eigenvalue weighted by atomic mass is 9.65. The quantitative estimate of drug-likeness (QED) is 0.386. The van der Waals surface area contributed by atoms with E-state index in [0.717, 1.165) is 24.9 Å². The van der Waals surface area contributed by atoms with Gasteiger partial charge in [0, 0.05) is 43.7 Å². The van der Waals surface area contributed by atoms with Gasteiger partial charge in [0.2, 0.25) is 17.7 Å². The molecule has 3 aliphatic rings. The molecule has 6 atom stereocenters. The van der Waals surface area contributed by atoms with Crippen LogP contribution in [-0.2, 0) is 14.4 Å². The number of aliphatic hydroxyl groups excluding tert-OH is 1. The van der Waals surface area contributed by atoms with Gasteiger partial charge < -0.3 is 19.8 Å². The molecule has 3 heterocycles. The molecule has 7 nitrogen and oxygen atoms in total. The van der Waals surface area contributed by atoms with Crippen LogP contribution < -0.4 is 4.90 Å². The molecule has 2 bridgehead atoms. The Bertz CT molecular complexity index is 1050. The highest BCUT2D eigenvalue weighted by Gasteiger charge is 2.76. The lowest BCUT2D eigenvalue weighted by Gasteiger charge is -2.41. The van der Waals surface area contributed by atoms with Gasteiger partial charge in [-0.1, -0.05) is 50.6 Å². The highest BCUT2D eigenvalue weighted by atomic mass is 32.2. The summed E-state index contributed by atoms with van der Waals surface area (Å²) in [6.07, 6.45) is 6.45. The molecule has 0 radical (unpaired) electrons. The number of carbonyl (C=O) groups is 3. The van der Waals surface area contributed by atoms with Crippen molar-refractivity contribution in [2.24, 2.45) is 17.8 Å². The number of anilines is 1. The largest absolute Gasteiger partial charge is 0.396 e. The third kappa shape index (κ3) is 4.70. The first-order chi connectivity index (χ1) is 18.4. The van der Waals surface area contributed by atoms with Crippen LogP contribution >= 0.6 is 11.8 Å². The van der Waals surface area contributed by atoms with E-state index >= 15 is 0 Å². The van der Waals surface area contributed by atoms with Crippen LogP contribution in [0.1, 0.15) is 39.5 Å². The first-order valence-electron chi connectivity index (χ1n) is 13.8. The van der Waals surface area contributed by atoms with Gasteiger partial charge in [0.1, 0.15) is 6.04 Å². The minimum Gasteiger partial charge on any atom is -0.396 e. The average molecular weight is 540 g/mol. The van der Waals surface area contributed by atoms with E-state index in [9.17, 15) is 19.5 Å². The maximum Gasteiger partial charge on any atom is 0.247 e. The molecule has 4 rings (SSSR count). The van der Waals surface area contributed by atoms with Crippen LogP contribution in [0.4, 0.5) is 5.69 Å². The number of hydrogen-bond donors (Lipinski definition) is 1. The van der Waals surface area contributed by atoms with Crippen LogP contribution in [0, 0.1) is 17.8 Å². The number of aliphatic hydroxyl groups is 1. The first kappa shape index (κ1) is 28.4. The molecule has 0 aliphatic carbocycles. The summed E-state index contributed by atoms with van der Waals surface area (Å²) >= 11 is 1.69. The normalized spacial score (nSPS) is 29.3. The molecule has 0 aromatic heterocycles. The fourth-order valence-corrected chi connectivity index (χ4v) is 9.18. The summed E-state index contributed by atoms with van der Waals surface area (Å²) in [4.78, 5) is 48.0. The van der Waals surface area contributed by atoms with Crippen LogP contribution in [-0.4, -0.2) is 81.5 Å². The van der Waals surface area contributed by atoms with Crippen molar-refractivity contribution in [2.75, 3.05) is 37.7 Å². The predicted octanol–water partition coefficient (Wildman–Crippen LogP) is 3.74. The molecular weight excluding hydrogens is 498 g/mol. The number of carbonyl (C=O) groups excluding carboxylic acids is 3. The fourth-order valence-electron chi connectivity index (χ4n) is 6.77. The Hall–Kier alpha value is -2.58. The van der Waals surface area contributed by atoms with E-state index in [1.807, 2.05) is 35.2 Å². The Morgan fingerprint density at radius 3 is 2.50 bits per heavy atom. The second kappa shape index (κ2) is 12.1. The van der Waals surface area contributed by atoms with E-state index in [1.165, 1.54) is 0 Å². The fraction of sp³-hybridized carbons (Fsp3) is 0.567. The molecule has 3 unspecified atom stereocenters. The van der Waals surface area contributed by atoms with Crippen molar-refractivity contribution in [3.8, 4) is 0 Å². The second-order valence-corrected chi connectivity index (χ2v) is 12.2. The third-order valence-electron chi connectivity index (χ3n) is 8.41. The van der Waals surface area contributed by atoms with Crippen LogP contribution in [0.2, 0.25) is 0 Å². The number of benzene rings is 1. The van der Waals surface area contributed by atoms with Crippen LogP contribution in [0.3, 0.4) is 0 Å². The summed E-state index contributed by atoms with van der Waals surface area (Å²) in [6, 6.07) is 8.85. The number of unbranched alkanes of at least 4 members (excludes halogenated alkanes) is 1. The van der Waals surface area contributed by atoms with Crippen molar-refractivity contribution in [3.05, 3.63) is 55.6 Å². The minimum absolute atomic E-state index is 0.0266. The van der Waals surface area contributed by atoms with Gasteiger partial charge in [-0.05, 0) is 37.3 Å². The zero-order valence-corrected chi connectivity index (χ0v) is 23.4. The Balaban J connectivity index is 1.76. The number of nitrogens with zero attached hydrogens (tertiary/aromatic N) is 3. The standard InChI is InChI=1S/C30H41N3O4S/c1-5-8-17-31(15-6-2)29(37)26-30-21(4)20-23(38-30)24(25(30)28(36)33(26)18-12-19-34)27(35)32(16-7-3)22-13-10-9-11-14-22/h6-7,9-11,13-14,21,23-26,34H,2-3,5,8,12,15-20H2,1,4H3/t21?,23-,24+,25+,26?,30?/m1/s1. The Morgan fingerprint density at radius 2 is 1.87 bits per heavy atom. The predicted molar refractivity (Wildman–Crippen MR) is 153 cm³/mol. The van der Waals surface area contributed by atoms with E-state index in [1.54, 1.807) is 33.7 Å². The van der Waals surface area contributed by atoms with E-state index < -0.39 is 22.6 Å². The number of amides is 3. The van der Waals surface area contributed by atoms with Gasteiger partial charge in [-0.2, -0.15) is 0 Å². The van der Waals surface area contributed by atoms with Crippen molar-refractivity contribution in [2.45, 2.75) is 55.6 Å². The smallest absolute Gasteiger partial charge is 0.247 e. The van der Waals surface area contributed by atoms with E-state index in [4.69, 9.17) is 0 Å². The summed E-state index contributed by atoms with van der Waals surface area (Å²) in [5, 5.41) is 9.58. The Kier molecular flexibility index (Phi) is 9.04. The number of para-hydroxylation sites is 1. The summed E-state index contributed by atoms with van der Waals surface area (Å²) in [5.74, 6) is -1.26. The summed E-state index contributed by atoms with van der Waals surface area (Å²) < 4.78 is -0.670. The number of fused-ring (bicyclic) bond motifs is 1. The second-order valence-electron chi connectivity index (χ2n) is 10.7. The average Bonchev–Trinajstić information content (AvgIpc) is 3.51. The SMILES string of the molecule is C=CCN(CCCC)C(=O)C1N(CCCO)C(=O)[C@@H]2[C@@H](C(=O)N(CC=C)c3ccccc3)[C@H]3CC(C)C12S3. The third-order valence-corrected chi connectivity index (χ3v) is 10.5. The first-order valence-corrected chi connectivity index (χ1v) is 14.7. The van der Waals surface area contributed by atoms with Crippen molar-refractivity contribution >= 4 is 35.2 Å².